The Bertz CT molecular complexity index is 238. The number of nitrogens with zero attached hydrogens (tertiary/aromatic N) is 1. The molecule has 108 valence electrons. The third-order valence-electron chi connectivity index (χ3n) is 3.27. The van der Waals surface area contributed by atoms with Crippen molar-refractivity contribution >= 4 is 0 Å². The number of hydrogen-bond acceptors (Lipinski definition) is 4. The lowest BCUT2D eigenvalue weighted by molar-refractivity contribution is -0.186. The van der Waals surface area contributed by atoms with E-state index in [9.17, 15) is 0 Å². The quantitative estimate of drug-likeness (QED) is 0.732. The normalized spacial score (nSPS) is 25.0. The minimum absolute atomic E-state index is 0.0669. The molecular weight excluding hydrogens is 228 g/mol. The van der Waals surface area contributed by atoms with Crippen molar-refractivity contribution in [3.05, 3.63) is 0 Å². The van der Waals surface area contributed by atoms with E-state index in [1.807, 2.05) is 0 Å². The van der Waals surface area contributed by atoms with Gasteiger partial charge in [0.2, 0.25) is 0 Å². The van der Waals surface area contributed by atoms with E-state index in [-0.39, 0.29) is 11.2 Å². The Morgan fingerprint density at radius 3 is 2.28 bits per heavy atom. The molecule has 1 heterocycles. The minimum atomic E-state index is -0.0669. The first-order valence-electron chi connectivity index (χ1n) is 6.90. The van der Waals surface area contributed by atoms with Gasteiger partial charge in [-0.2, -0.15) is 0 Å². The number of ether oxygens (including phenoxy) is 2. The summed E-state index contributed by atoms with van der Waals surface area (Å²) in [5, 5.41) is 3.43. The van der Waals surface area contributed by atoms with Gasteiger partial charge in [-0.1, -0.05) is 0 Å². The molecule has 1 saturated heterocycles. The minimum Gasteiger partial charge on any atom is -0.383 e. The molecule has 1 aliphatic heterocycles. The summed E-state index contributed by atoms with van der Waals surface area (Å²) in [7, 11) is 1.73. The molecular formula is C14H30N2O2. The van der Waals surface area contributed by atoms with Gasteiger partial charge in [0.15, 0.2) is 0 Å². The van der Waals surface area contributed by atoms with Crippen LogP contribution in [0.15, 0.2) is 0 Å². The second-order valence-corrected chi connectivity index (χ2v) is 6.57. The zero-order valence-electron chi connectivity index (χ0n) is 12.9. The van der Waals surface area contributed by atoms with Crippen LogP contribution in [-0.2, 0) is 9.47 Å². The van der Waals surface area contributed by atoms with E-state index in [4.69, 9.17) is 9.47 Å². The molecule has 0 aromatic rings. The Morgan fingerprint density at radius 2 is 1.78 bits per heavy atom. The van der Waals surface area contributed by atoms with Crippen molar-refractivity contribution in [3.63, 3.8) is 0 Å². The third-order valence-corrected chi connectivity index (χ3v) is 3.27. The summed E-state index contributed by atoms with van der Waals surface area (Å²) >= 11 is 0. The van der Waals surface area contributed by atoms with Crippen molar-refractivity contribution in [1.29, 1.82) is 0 Å². The highest BCUT2D eigenvalue weighted by molar-refractivity contribution is 4.91. The van der Waals surface area contributed by atoms with Crippen molar-refractivity contribution in [2.24, 2.45) is 0 Å². The van der Waals surface area contributed by atoms with Crippen LogP contribution in [0.3, 0.4) is 0 Å². The first kappa shape index (κ1) is 15.9. The van der Waals surface area contributed by atoms with Crippen LogP contribution < -0.4 is 5.32 Å². The van der Waals surface area contributed by atoms with E-state index >= 15 is 0 Å². The van der Waals surface area contributed by atoms with Gasteiger partial charge < -0.3 is 14.8 Å². The molecule has 1 aliphatic rings. The molecule has 0 aliphatic carbocycles. The number of rotatable bonds is 6. The molecule has 0 spiro atoms. The lowest BCUT2D eigenvalue weighted by Crippen LogP contribution is -2.60. The van der Waals surface area contributed by atoms with Gasteiger partial charge in [-0.3, -0.25) is 4.90 Å². The molecule has 1 atom stereocenters. The number of nitrogens with one attached hydrogen (secondary N) is 1. The molecule has 4 heteroatoms. The highest BCUT2D eigenvalue weighted by atomic mass is 16.5. The SMILES string of the molecule is COCCNCC(C)N1CC(C)(C)OC(C)(C)C1. The molecule has 1 rings (SSSR count). The first-order chi connectivity index (χ1) is 8.26. The van der Waals surface area contributed by atoms with Crippen molar-refractivity contribution in [1.82, 2.24) is 10.2 Å². The first-order valence-corrected chi connectivity index (χ1v) is 6.90. The van der Waals surface area contributed by atoms with Gasteiger partial charge in [-0.15, -0.1) is 0 Å². The molecule has 1 N–H and O–H groups in total. The van der Waals surface area contributed by atoms with Crippen molar-refractivity contribution in [3.8, 4) is 0 Å². The van der Waals surface area contributed by atoms with Crippen LogP contribution in [0.1, 0.15) is 34.6 Å². The van der Waals surface area contributed by atoms with Crippen LogP contribution in [0.25, 0.3) is 0 Å². The lowest BCUT2D eigenvalue weighted by Gasteiger charge is -2.49. The molecule has 1 unspecified atom stereocenters. The fourth-order valence-electron chi connectivity index (χ4n) is 2.77. The van der Waals surface area contributed by atoms with Crippen LogP contribution in [0.2, 0.25) is 0 Å². The van der Waals surface area contributed by atoms with E-state index in [2.05, 4.69) is 44.8 Å². The van der Waals surface area contributed by atoms with Gasteiger partial charge in [0.1, 0.15) is 0 Å². The predicted octanol–water partition coefficient (Wildman–Crippen LogP) is 1.50. The van der Waals surface area contributed by atoms with Crippen molar-refractivity contribution in [2.75, 3.05) is 39.9 Å². The lowest BCUT2D eigenvalue weighted by atomic mass is 9.97. The second-order valence-electron chi connectivity index (χ2n) is 6.57. The average Bonchev–Trinajstić information content (AvgIpc) is 2.19. The Morgan fingerprint density at radius 1 is 1.22 bits per heavy atom. The molecule has 0 aromatic carbocycles. The number of morpholine rings is 1. The topological polar surface area (TPSA) is 33.7 Å². The number of hydrogen-bond donors (Lipinski definition) is 1. The highest BCUT2D eigenvalue weighted by Crippen LogP contribution is 2.28. The molecule has 0 saturated carbocycles. The summed E-state index contributed by atoms with van der Waals surface area (Å²) in [6, 6.07) is 0.518. The van der Waals surface area contributed by atoms with Crippen LogP contribution >= 0.6 is 0 Å². The van der Waals surface area contributed by atoms with E-state index < -0.39 is 0 Å². The summed E-state index contributed by atoms with van der Waals surface area (Å²) in [4.78, 5) is 2.52. The summed E-state index contributed by atoms with van der Waals surface area (Å²) in [6.07, 6.45) is 0. The zero-order chi connectivity index (χ0) is 13.8. The van der Waals surface area contributed by atoms with Crippen molar-refractivity contribution in [2.45, 2.75) is 51.9 Å². The monoisotopic (exact) mass is 258 g/mol. The fraction of sp³-hybridized carbons (Fsp3) is 1.00. The Hall–Kier alpha value is -0.160. The fourth-order valence-corrected chi connectivity index (χ4v) is 2.77. The number of methoxy groups -OCH3 is 1. The van der Waals surface area contributed by atoms with Gasteiger partial charge in [0, 0.05) is 39.3 Å². The highest BCUT2D eigenvalue weighted by Gasteiger charge is 2.39. The Kier molecular flexibility index (Phi) is 5.59. The van der Waals surface area contributed by atoms with Gasteiger partial charge in [-0.05, 0) is 34.6 Å². The maximum absolute atomic E-state index is 6.10. The molecule has 1 fully saturated rings. The smallest absolute Gasteiger partial charge is 0.0760 e. The summed E-state index contributed by atoms with van der Waals surface area (Å²) in [5.41, 5.74) is -0.134. The molecule has 18 heavy (non-hydrogen) atoms. The molecule has 0 amide bonds. The summed E-state index contributed by atoms with van der Waals surface area (Å²) < 4.78 is 11.1. The summed E-state index contributed by atoms with van der Waals surface area (Å²) in [5.74, 6) is 0. The van der Waals surface area contributed by atoms with Crippen LogP contribution in [0, 0.1) is 0 Å². The van der Waals surface area contributed by atoms with E-state index in [0.29, 0.717) is 6.04 Å². The van der Waals surface area contributed by atoms with Crippen LogP contribution in [-0.4, -0.2) is 62.0 Å². The third kappa shape index (κ3) is 5.22. The van der Waals surface area contributed by atoms with E-state index in [0.717, 1.165) is 32.8 Å². The van der Waals surface area contributed by atoms with Gasteiger partial charge in [0.25, 0.3) is 0 Å². The van der Waals surface area contributed by atoms with Gasteiger partial charge in [-0.25, -0.2) is 0 Å². The largest absolute Gasteiger partial charge is 0.383 e. The van der Waals surface area contributed by atoms with E-state index in [1.54, 1.807) is 7.11 Å². The van der Waals surface area contributed by atoms with Gasteiger partial charge >= 0.3 is 0 Å². The Balaban J connectivity index is 2.44. The van der Waals surface area contributed by atoms with Gasteiger partial charge in [0.05, 0.1) is 17.8 Å². The Labute approximate surface area is 112 Å². The van der Waals surface area contributed by atoms with Crippen molar-refractivity contribution < 1.29 is 9.47 Å². The zero-order valence-corrected chi connectivity index (χ0v) is 12.9. The second kappa shape index (κ2) is 6.33. The maximum Gasteiger partial charge on any atom is 0.0760 e. The standard InChI is InChI=1S/C14H30N2O2/c1-12(9-15-7-8-17-6)16-10-13(2,3)18-14(4,5)11-16/h12,15H,7-11H2,1-6H3. The molecule has 4 nitrogen and oxygen atoms in total. The molecule has 0 bridgehead atoms. The molecule has 0 aromatic heterocycles. The molecule has 0 radical (unpaired) electrons. The van der Waals surface area contributed by atoms with Crippen LogP contribution in [0.4, 0.5) is 0 Å². The predicted molar refractivity (Wildman–Crippen MR) is 75.0 cm³/mol. The van der Waals surface area contributed by atoms with Crippen LogP contribution in [0.5, 0.6) is 0 Å². The maximum atomic E-state index is 6.10. The summed E-state index contributed by atoms with van der Waals surface area (Å²) in [6.45, 7) is 15.6. The average molecular weight is 258 g/mol. The van der Waals surface area contributed by atoms with E-state index in [1.165, 1.54) is 0 Å².